The summed E-state index contributed by atoms with van der Waals surface area (Å²) >= 11 is 0. The summed E-state index contributed by atoms with van der Waals surface area (Å²) in [5, 5.41) is 0. The van der Waals surface area contributed by atoms with Gasteiger partial charge in [0, 0.05) is 19.3 Å². The molecule has 1 unspecified atom stereocenters. The summed E-state index contributed by atoms with van der Waals surface area (Å²) in [7, 11) is 0. The smallest absolute Gasteiger partial charge is 0.306 e. The van der Waals surface area contributed by atoms with Crippen LogP contribution in [-0.4, -0.2) is 37.2 Å². The van der Waals surface area contributed by atoms with Crippen LogP contribution in [-0.2, 0) is 28.6 Å². The molecule has 0 bridgehead atoms. The van der Waals surface area contributed by atoms with Gasteiger partial charge < -0.3 is 14.2 Å². The number of rotatable bonds is 58. The van der Waals surface area contributed by atoms with E-state index in [9.17, 15) is 14.4 Å². The van der Waals surface area contributed by atoms with Crippen molar-refractivity contribution in [1.29, 1.82) is 0 Å². The second-order valence-electron chi connectivity index (χ2n) is 21.3. The van der Waals surface area contributed by atoms with Crippen molar-refractivity contribution in [3.05, 3.63) is 122 Å². The molecule has 0 aliphatic carbocycles. The molecular weight excluding hydrogens is 961 g/mol. The third-order valence-corrected chi connectivity index (χ3v) is 13.7. The Morgan fingerprint density at radius 3 is 0.833 bits per heavy atom. The number of allylic oxidation sites excluding steroid dienone is 20. The molecule has 0 spiro atoms. The Morgan fingerprint density at radius 1 is 0.269 bits per heavy atom. The molecular formula is C72H120O6. The van der Waals surface area contributed by atoms with E-state index in [0.29, 0.717) is 12.8 Å². The molecule has 0 aliphatic heterocycles. The Morgan fingerprint density at radius 2 is 0.513 bits per heavy atom. The Kier molecular flexibility index (Phi) is 61.8. The Balaban J connectivity index is 4.38. The zero-order valence-electron chi connectivity index (χ0n) is 50.9. The number of carbonyl (C=O) groups is 3. The molecule has 0 aromatic rings. The van der Waals surface area contributed by atoms with E-state index in [-0.39, 0.29) is 37.5 Å². The predicted molar refractivity (Wildman–Crippen MR) is 339 cm³/mol. The lowest BCUT2D eigenvalue weighted by molar-refractivity contribution is -0.167. The van der Waals surface area contributed by atoms with Crippen molar-refractivity contribution in [2.24, 2.45) is 0 Å². The van der Waals surface area contributed by atoms with E-state index in [0.717, 1.165) is 135 Å². The van der Waals surface area contributed by atoms with Crippen molar-refractivity contribution >= 4 is 17.9 Å². The molecule has 6 heteroatoms. The zero-order chi connectivity index (χ0) is 56.4. The highest BCUT2D eigenvalue weighted by Gasteiger charge is 2.19. The lowest BCUT2D eigenvalue weighted by atomic mass is 10.0. The van der Waals surface area contributed by atoms with Crippen molar-refractivity contribution in [1.82, 2.24) is 0 Å². The molecule has 0 fully saturated rings. The largest absolute Gasteiger partial charge is 0.462 e. The van der Waals surface area contributed by atoms with Gasteiger partial charge in [0.15, 0.2) is 6.10 Å². The predicted octanol–water partition coefficient (Wildman–Crippen LogP) is 22.4. The van der Waals surface area contributed by atoms with Crippen molar-refractivity contribution in [3.8, 4) is 0 Å². The maximum absolute atomic E-state index is 12.9. The molecule has 1 atom stereocenters. The molecule has 0 aliphatic rings. The minimum absolute atomic E-state index is 0.0990. The summed E-state index contributed by atoms with van der Waals surface area (Å²) in [4.78, 5) is 38.3. The number of hydrogen-bond donors (Lipinski definition) is 0. The van der Waals surface area contributed by atoms with Crippen molar-refractivity contribution < 1.29 is 28.6 Å². The summed E-state index contributed by atoms with van der Waals surface area (Å²) in [6, 6.07) is 0. The van der Waals surface area contributed by atoms with E-state index in [2.05, 4.69) is 142 Å². The highest BCUT2D eigenvalue weighted by molar-refractivity contribution is 5.71. The molecule has 0 rings (SSSR count). The fourth-order valence-corrected chi connectivity index (χ4v) is 8.79. The quantitative estimate of drug-likeness (QED) is 0.0261. The molecule has 0 amide bonds. The molecule has 0 aromatic heterocycles. The first-order valence-electron chi connectivity index (χ1n) is 32.5. The molecule has 78 heavy (non-hydrogen) atoms. The Hall–Kier alpha value is -4.19. The third kappa shape index (κ3) is 62.7. The van der Waals surface area contributed by atoms with Crippen LogP contribution < -0.4 is 0 Å². The lowest BCUT2D eigenvalue weighted by Crippen LogP contribution is -2.30. The SMILES string of the molecule is CC/C=C\C/C=C\C/C=C\C/C=C\C/C=C\CCCCCC(=O)OC(COC(=O)CCCCCCC/C=C\C/C=C\CCCC)COC(=O)CCCCCCCCCCCCCC/C=C\C/C=C\C/C=C\CCCCCCC. The van der Waals surface area contributed by atoms with Crippen LogP contribution in [0.25, 0.3) is 0 Å². The standard InChI is InChI=1S/C72H120O6/c1-4-7-10-13-16-19-22-25-28-30-32-33-34-35-36-37-38-39-41-42-44-47-50-53-56-59-62-65-71(74)77-68-69(67-76-70(73)64-61-58-55-52-49-46-27-24-21-18-15-12-9-6-3)78-72(75)66-63-60-57-54-51-48-45-43-40-31-29-26-23-20-17-14-11-8-5-2/h8,11,15,17-18,20,22,24-27,29-30,32,34-35,40,43,48,51,69H,4-7,9-10,12-14,16,19,21,23,28,31,33,36-39,41-42,44-47,49-50,52-68H2,1-3H3/b11-8-,18-15-,20-17-,25-22-,27-24-,29-26-,32-30-,35-34-,43-40-,51-48-. The average Bonchev–Trinajstić information content (AvgIpc) is 3.44. The fourth-order valence-electron chi connectivity index (χ4n) is 8.79. The van der Waals surface area contributed by atoms with E-state index in [1.165, 1.54) is 122 Å². The normalized spacial score (nSPS) is 12.9. The summed E-state index contributed by atoms with van der Waals surface area (Å²) in [5.41, 5.74) is 0. The van der Waals surface area contributed by atoms with Crippen LogP contribution >= 0.6 is 0 Å². The van der Waals surface area contributed by atoms with Crippen molar-refractivity contribution in [2.75, 3.05) is 13.2 Å². The van der Waals surface area contributed by atoms with Gasteiger partial charge in [-0.05, 0) is 128 Å². The molecule has 444 valence electrons. The average molecular weight is 1080 g/mol. The van der Waals surface area contributed by atoms with Gasteiger partial charge in [-0.15, -0.1) is 0 Å². The van der Waals surface area contributed by atoms with E-state index >= 15 is 0 Å². The van der Waals surface area contributed by atoms with E-state index in [1.54, 1.807) is 0 Å². The van der Waals surface area contributed by atoms with E-state index in [1.807, 2.05) is 0 Å². The first-order chi connectivity index (χ1) is 38.5. The minimum atomic E-state index is -0.807. The maximum Gasteiger partial charge on any atom is 0.306 e. The third-order valence-electron chi connectivity index (χ3n) is 13.7. The second-order valence-corrected chi connectivity index (χ2v) is 21.3. The van der Waals surface area contributed by atoms with Gasteiger partial charge in [0.2, 0.25) is 0 Å². The Labute approximate surface area is 482 Å². The van der Waals surface area contributed by atoms with Crippen molar-refractivity contribution in [3.63, 3.8) is 0 Å². The number of ether oxygens (including phenoxy) is 3. The minimum Gasteiger partial charge on any atom is -0.462 e. The van der Waals surface area contributed by atoms with E-state index in [4.69, 9.17) is 14.2 Å². The number of unbranched alkanes of at least 4 members (excludes halogenated alkanes) is 27. The molecule has 0 radical (unpaired) electrons. The number of carbonyl (C=O) groups excluding carboxylic acids is 3. The van der Waals surface area contributed by atoms with Crippen LogP contribution in [0.2, 0.25) is 0 Å². The van der Waals surface area contributed by atoms with Crippen LogP contribution in [0.4, 0.5) is 0 Å². The van der Waals surface area contributed by atoms with Gasteiger partial charge in [-0.3, -0.25) is 14.4 Å². The maximum atomic E-state index is 12.9. The topological polar surface area (TPSA) is 78.9 Å². The molecule has 0 N–H and O–H groups in total. The summed E-state index contributed by atoms with van der Waals surface area (Å²) in [6.07, 6.45) is 90.6. The highest BCUT2D eigenvalue weighted by atomic mass is 16.6. The highest BCUT2D eigenvalue weighted by Crippen LogP contribution is 2.15. The van der Waals surface area contributed by atoms with Gasteiger partial charge in [-0.2, -0.15) is 0 Å². The van der Waals surface area contributed by atoms with Crippen LogP contribution in [0.15, 0.2) is 122 Å². The fraction of sp³-hybridized carbons (Fsp3) is 0.681. The Bertz CT molecular complexity index is 1620. The number of esters is 3. The zero-order valence-corrected chi connectivity index (χ0v) is 50.9. The van der Waals surface area contributed by atoms with E-state index < -0.39 is 6.10 Å². The van der Waals surface area contributed by atoms with Crippen LogP contribution in [0.1, 0.15) is 297 Å². The second kappa shape index (κ2) is 65.3. The molecule has 0 saturated carbocycles. The first kappa shape index (κ1) is 73.8. The first-order valence-corrected chi connectivity index (χ1v) is 32.5. The molecule has 0 saturated heterocycles. The molecule has 6 nitrogen and oxygen atoms in total. The molecule has 0 aromatic carbocycles. The van der Waals surface area contributed by atoms with Gasteiger partial charge in [0.1, 0.15) is 13.2 Å². The van der Waals surface area contributed by atoms with Gasteiger partial charge in [-0.1, -0.05) is 271 Å². The molecule has 0 heterocycles. The lowest BCUT2D eigenvalue weighted by Gasteiger charge is -2.18. The van der Waals surface area contributed by atoms with Crippen molar-refractivity contribution in [2.45, 2.75) is 303 Å². The number of hydrogen-bond acceptors (Lipinski definition) is 6. The van der Waals surface area contributed by atoms with Gasteiger partial charge in [0.25, 0.3) is 0 Å². The van der Waals surface area contributed by atoms with Gasteiger partial charge in [0.05, 0.1) is 0 Å². The summed E-state index contributed by atoms with van der Waals surface area (Å²) < 4.78 is 16.9. The van der Waals surface area contributed by atoms with Gasteiger partial charge >= 0.3 is 17.9 Å². The summed E-state index contributed by atoms with van der Waals surface area (Å²) in [6.45, 7) is 6.45. The van der Waals surface area contributed by atoms with Crippen LogP contribution in [0.3, 0.4) is 0 Å². The summed E-state index contributed by atoms with van der Waals surface area (Å²) in [5.74, 6) is -0.944. The van der Waals surface area contributed by atoms with Crippen LogP contribution in [0, 0.1) is 0 Å². The van der Waals surface area contributed by atoms with Gasteiger partial charge in [-0.25, -0.2) is 0 Å². The monoisotopic (exact) mass is 1080 g/mol. The van der Waals surface area contributed by atoms with Crippen LogP contribution in [0.5, 0.6) is 0 Å².